The van der Waals surface area contributed by atoms with Crippen LogP contribution in [0.4, 0.5) is 0 Å². The number of benzene rings is 1. The largest absolute Gasteiger partial charge is 0.492 e. The van der Waals surface area contributed by atoms with Crippen molar-refractivity contribution in [3.8, 4) is 5.75 Å². The topological polar surface area (TPSA) is 85.4 Å². The minimum Gasteiger partial charge on any atom is -0.492 e. The quantitative estimate of drug-likeness (QED) is 0.666. The number of rotatable bonds is 5. The van der Waals surface area contributed by atoms with Crippen LogP contribution in [0.3, 0.4) is 0 Å². The molecule has 3 rings (SSSR count). The molecule has 9 heteroatoms. The van der Waals surface area contributed by atoms with E-state index in [-0.39, 0.29) is 22.8 Å². The highest BCUT2D eigenvalue weighted by atomic mass is 32.2. The van der Waals surface area contributed by atoms with Crippen LogP contribution >= 0.6 is 0 Å². The van der Waals surface area contributed by atoms with Gasteiger partial charge in [0.2, 0.25) is 10.0 Å². The summed E-state index contributed by atoms with van der Waals surface area (Å²) in [4.78, 5) is 13.8. The molecule has 0 aromatic heterocycles. The lowest BCUT2D eigenvalue weighted by atomic mass is 9.78. The van der Waals surface area contributed by atoms with Crippen molar-refractivity contribution in [2.45, 2.75) is 17.7 Å². The summed E-state index contributed by atoms with van der Waals surface area (Å²) < 4.78 is 44.0. The number of ether oxygens (including phenoxy) is 3. The van der Waals surface area contributed by atoms with Crippen LogP contribution in [0, 0.1) is 5.41 Å². The van der Waals surface area contributed by atoms with Crippen LogP contribution < -0.4 is 4.74 Å². The summed E-state index contributed by atoms with van der Waals surface area (Å²) in [5.74, 6) is 0.129. The molecule has 0 atom stereocenters. The van der Waals surface area contributed by atoms with E-state index in [1.165, 1.54) is 11.4 Å². The number of piperidine rings is 1. The zero-order valence-corrected chi connectivity index (χ0v) is 17.2. The molecule has 0 aliphatic carbocycles. The van der Waals surface area contributed by atoms with Gasteiger partial charge in [-0.25, -0.2) is 8.42 Å². The van der Waals surface area contributed by atoms with Crippen molar-refractivity contribution in [1.82, 2.24) is 9.21 Å². The molecule has 1 aromatic carbocycles. The number of carbonyl (C=O) groups excluding carboxylic acids is 1. The first kappa shape index (κ1) is 21.0. The Kier molecular flexibility index (Phi) is 6.59. The molecule has 0 unspecified atom stereocenters. The van der Waals surface area contributed by atoms with Gasteiger partial charge in [0.15, 0.2) is 0 Å². The first-order valence-corrected chi connectivity index (χ1v) is 10.8. The predicted molar refractivity (Wildman–Crippen MR) is 103 cm³/mol. The summed E-state index contributed by atoms with van der Waals surface area (Å²) in [6, 6.07) is 6.77. The fourth-order valence-electron chi connectivity index (χ4n) is 3.78. The molecular weight excluding hydrogens is 384 g/mol. The van der Waals surface area contributed by atoms with Crippen LogP contribution in [0.5, 0.6) is 5.75 Å². The second-order valence-electron chi connectivity index (χ2n) is 7.42. The molecule has 2 heterocycles. The Morgan fingerprint density at radius 1 is 1.21 bits per heavy atom. The number of hydrogen-bond donors (Lipinski definition) is 0. The number of carbonyl (C=O) groups is 1. The van der Waals surface area contributed by atoms with E-state index in [0.29, 0.717) is 45.1 Å². The van der Waals surface area contributed by atoms with E-state index < -0.39 is 10.0 Å². The van der Waals surface area contributed by atoms with E-state index in [4.69, 9.17) is 14.2 Å². The summed E-state index contributed by atoms with van der Waals surface area (Å²) in [5.41, 5.74) is -0.305. The highest BCUT2D eigenvalue weighted by Gasteiger charge is 2.42. The van der Waals surface area contributed by atoms with Gasteiger partial charge in [-0.2, -0.15) is 4.31 Å². The second kappa shape index (κ2) is 8.77. The zero-order valence-electron chi connectivity index (χ0n) is 16.4. The highest BCUT2D eigenvalue weighted by molar-refractivity contribution is 7.89. The maximum absolute atomic E-state index is 13.3. The summed E-state index contributed by atoms with van der Waals surface area (Å²) in [5, 5.41) is 0. The Morgan fingerprint density at radius 3 is 2.61 bits per heavy atom. The third-order valence-electron chi connectivity index (χ3n) is 5.55. The van der Waals surface area contributed by atoms with Crippen molar-refractivity contribution in [2.24, 2.45) is 5.41 Å². The predicted octanol–water partition coefficient (Wildman–Crippen LogP) is 0.971. The van der Waals surface area contributed by atoms with Gasteiger partial charge in [-0.3, -0.25) is 9.69 Å². The van der Waals surface area contributed by atoms with E-state index in [9.17, 15) is 13.2 Å². The van der Waals surface area contributed by atoms with Crippen molar-refractivity contribution < 1.29 is 27.4 Å². The molecule has 2 aliphatic heterocycles. The molecular formula is C19H28N2O6S. The number of esters is 1. The van der Waals surface area contributed by atoms with Crippen LogP contribution in [0.15, 0.2) is 29.2 Å². The summed E-state index contributed by atoms with van der Waals surface area (Å²) in [7, 11) is -0.740. The monoisotopic (exact) mass is 412 g/mol. The molecule has 1 saturated heterocycles. The molecule has 0 N–H and O–H groups in total. The molecule has 2 aliphatic rings. The molecule has 0 amide bonds. The average Bonchev–Trinajstić information content (AvgIpc) is 2.70. The van der Waals surface area contributed by atoms with Crippen LogP contribution in [-0.2, 0) is 24.3 Å². The van der Waals surface area contributed by atoms with Gasteiger partial charge >= 0.3 is 5.97 Å². The molecule has 1 fully saturated rings. The van der Waals surface area contributed by atoms with E-state index in [0.717, 1.165) is 12.8 Å². The maximum Gasteiger partial charge on any atom is 0.319 e. The van der Waals surface area contributed by atoms with Gasteiger partial charge in [0.1, 0.15) is 10.6 Å². The van der Waals surface area contributed by atoms with E-state index in [1.54, 1.807) is 31.4 Å². The molecule has 0 saturated carbocycles. The Bertz CT molecular complexity index is 789. The summed E-state index contributed by atoms with van der Waals surface area (Å²) in [6.07, 6.45) is 1.48. The van der Waals surface area contributed by atoms with E-state index >= 15 is 0 Å². The van der Waals surface area contributed by atoms with Gasteiger partial charge in [-0.15, -0.1) is 0 Å². The van der Waals surface area contributed by atoms with Gasteiger partial charge in [0.25, 0.3) is 0 Å². The Morgan fingerprint density at radius 2 is 1.93 bits per heavy atom. The van der Waals surface area contributed by atoms with E-state index in [1.807, 2.05) is 4.90 Å². The van der Waals surface area contributed by atoms with Gasteiger partial charge in [0, 0.05) is 25.6 Å². The number of methoxy groups -OCH3 is 2. The number of nitrogens with zero attached hydrogens (tertiary/aromatic N) is 2. The van der Waals surface area contributed by atoms with Gasteiger partial charge < -0.3 is 14.2 Å². The third kappa shape index (κ3) is 4.48. The average molecular weight is 413 g/mol. The molecule has 0 bridgehead atoms. The fraction of sp³-hybridized carbons (Fsp3) is 0.632. The standard InChI is InChI=1S/C19H28N2O6S/c1-25-12-11-21-14-19(7-9-20(10-8-19)13-18(22)26-2)15-27-16-5-3-4-6-17(16)28(21,23)24/h3-6H,7-15H2,1-2H3. The lowest BCUT2D eigenvalue weighted by Crippen LogP contribution is -2.52. The van der Waals surface area contributed by atoms with Crippen molar-refractivity contribution in [1.29, 1.82) is 0 Å². The number of para-hydroxylation sites is 1. The van der Waals surface area contributed by atoms with Crippen LogP contribution in [-0.4, -0.2) is 83.7 Å². The number of sulfonamides is 1. The molecule has 1 aromatic rings. The van der Waals surface area contributed by atoms with Crippen LogP contribution in [0.1, 0.15) is 12.8 Å². The number of likely N-dealkylation sites (tertiary alicyclic amines) is 1. The van der Waals surface area contributed by atoms with Gasteiger partial charge in [-0.05, 0) is 38.1 Å². The molecule has 156 valence electrons. The van der Waals surface area contributed by atoms with Gasteiger partial charge in [0.05, 0.1) is 26.9 Å². The molecule has 0 radical (unpaired) electrons. The smallest absolute Gasteiger partial charge is 0.319 e. The minimum absolute atomic E-state index is 0.198. The maximum atomic E-state index is 13.3. The van der Waals surface area contributed by atoms with Crippen molar-refractivity contribution in [3.05, 3.63) is 24.3 Å². The Hall–Kier alpha value is -1.68. The highest BCUT2D eigenvalue weighted by Crippen LogP contribution is 2.39. The summed E-state index contributed by atoms with van der Waals surface area (Å²) >= 11 is 0. The molecule has 28 heavy (non-hydrogen) atoms. The Balaban J connectivity index is 1.84. The SMILES string of the molecule is COCCN1CC2(CCN(CC(=O)OC)CC2)COc2ccccc2S1(=O)=O. The third-order valence-corrected chi connectivity index (χ3v) is 7.44. The zero-order chi connectivity index (χ0) is 20.2. The fourth-order valence-corrected chi connectivity index (χ4v) is 5.45. The van der Waals surface area contributed by atoms with Crippen molar-refractivity contribution in [2.75, 3.05) is 60.2 Å². The Labute approximate surface area is 166 Å². The molecule has 1 spiro atoms. The molecule has 8 nitrogen and oxygen atoms in total. The van der Waals surface area contributed by atoms with Crippen LogP contribution in [0.25, 0.3) is 0 Å². The first-order chi connectivity index (χ1) is 13.4. The van der Waals surface area contributed by atoms with Crippen LogP contribution in [0.2, 0.25) is 0 Å². The number of hydrogen-bond acceptors (Lipinski definition) is 7. The normalized spacial score (nSPS) is 21.9. The van der Waals surface area contributed by atoms with Gasteiger partial charge in [-0.1, -0.05) is 12.1 Å². The van der Waals surface area contributed by atoms with Crippen molar-refractivity contribution >= 4 is 16.0 Å². The summed E-state index contributed by atoms with van der Waals surface area (Å²) in [6.45, 7) is 3.07. The lowest BCUT2D eigenvalue weighted by Gasteiger charge is -2.44. The second-order valence-corrected chi connectivity index (χ2v) is 9.33. The number of fused-ring (bicyclic) bond motifs is 1. The minimum atomic E-state index is -3.69. The van der Waals surface area contributed by atoms with E-state index in [2.05, 4.69) is 0 Å². The van der Waals surface area contributed by atoms with Crippen molar-refractivity contribution in [3.63, 3.8) is 0 Å². The lowest BCUT2D eigenvalue weighted by molar-refractivity contribution is -0.142. The first-order valence-electron chi connectivity index (χ1n) is 9.40.